The zero-order valence-corrected chi connectivity index (χ0v) is 18.6. The number of aromatic nitrogens is 2. The van der Waals surface area contributed by atoms with Gasteiger partial charge in [-0.1, -0.05) is 65.6 Å². The van der Waals surface area contributed by atoms with E-state index in [9.17, 15) is 9.59 Å². The fourth-order valence-corrected chi connectivity index (χ4v) is 5.24. The van der Waals surface area contributed by atoms with Crippen molar-refractivity contribution in [1.82, 2.24) is 10.2 Å². The standard InChI is InChI=1S/C22H22N4O3S2/c1-15(27)17-8-5-9-18(14-17)23-20(28)19(16-6-3-2-4-7-16)30-22-25-24-21(31-22)26-10-12-29-13-11-26/h2-9,14,19H,10-13H2,1H3,(H,23,28). The Morgan fingerprint density at radius 3 is 2.61 bits per heavy atom. The second kappa shape index (κ2) is 10.0. The van der Waals surface area contributed by atoms with Crippen LogP contribution in [0.15, 0.2) is 58.9 Å². The average Bonchev–Trinajstić information content (AvgIpc) is 3.27. The van der Waals surface area contributed by atoms with Gasteiger partial charge in [-0.05, 0) is 24.6 Å². The molecule has 1 amide bonds. The lowest BCUT2D eigenvalue weighted by molar-refractivity contribution is -0.115. The molecule has 0 aliphatic carbocycles. The van der Waals surface area contributed by atoms with Crippen LogP contribution >= 0.6 is 23.1 Å². The lowest BCUT2D eigenvalue weighted by Gasteiger charge is -2.25. The van der Waals surface area contributed by atoms with E-state index in [2.05, 4.69) is 20.4 Å². The number of ketones is 1. The summed E-state index contributed by atoms with van der Waals surface area (Å²) in [7, 11) is 0. The molecule has 1 saturated heterocycles. The zero-order chi connectivity index (χ0) is 21.6. The maximum absolute atomic E-state index is 13.2. The van der Waals surface area contributed by atoms with E-state index in [1.807, 2.05) is 30.3 Å². The number of amides is 1. The quantitative estimate of drug-likeness (QED) is 0.426. The summed E-state index contributed by atoms with van der Waals surface area (Å²) in [5.41, 5.74) is 2.02. The molecule has 0 radical (unpaired) electrons. The number of hydrogen-bond acceptors (Lipinski definition) is 8. The molecular formula is C22H22N4O3S2. The predicted molar refractivity (Wildman–Crippen MR) is 123 cm³/mol. The van der Waals surface area contributed by atoms with Gasteiger partial charge in [-0.25, -0.2) is 0 Å². The summed E-state index contributed by atoms with van der Waals surface area (Å²) in [6.07, 6.45) is 0. The number of hydrogen-bond donors (Lipinski definition) is 1. The molecule has 1 aliphatic heterocycles. The Labute approximate surface area is 188 Å². The molecule has 7 nitrogen and oxygen atoms in total. The van der Waals surface area contributed by atoms with E-state index in [0.29, 0.717) is 24.5 Å². The first-order valence-corrected chi connectivity index (χ1v) is 11.6. The number of carbonyl (C=O) groups is 2. The van der Waals surface area contributed by atoms with Crippen LogP contribution in [0.25, 0.3) is 0 Å². The second-order valence-electron chi connectivity index (χ2n) is 6.98. The zero-order valence-electron chi connectivity index (χ0n) is 17.0. The largest absolute Gasteiger partial charge is 0.378 e. The molecule has 0 spiro atoms. The van der Waals surface area contributed by atoms with E-state index >= 15 is 0 Å². The van der Waals surface area contributed by atoms with Gasteiger partial charge in [0.05, 0.1) is 13.2 Å². The minimum Gasteiger partial charge on any atom is -0.378 e. The maximum Gasteiger partial charge on any atom is 0.242 e. The Morgan fingerprint density at radius 1 is 1.10 bits per heavy atom. The lowest BCUT2D eigenvalue weighted by atomic mass is 10.1. The topological polar surface area (TPSA) is 84.4 Å². The molecule has 4 rings (SSSR count). The van der Waals surface area contributed by atoms with Crippen molar-refractivity contribution < 1.29 is 14.3 Å². The molecule has 0 bridgehead atoms. The van der Waals surface area contributed by atoms with Gasteiger partial charge in [0.25, 0.3) is 0 Å². The van der Waals surface area contributed by atoms with Crippen molar-refractivity contribution in [1.29, 1.82) is 0 Å². The normalized spacial score (nSPS) is 14.8. The molecule has 0 saturated carbocycles. The Kier molecular flexibility index (Phi) is 6.96. The molecule has 1 atom stereocenters. The van der Waals surface area contributed by atoms with Gasteiger partial charge in [-0.2, -0.15) is 0 Å². The van der Waals surface area contributed by atoms with Crippen molar-refractivity contribution in [3.8, 4) is 0 Å². The van der Waals surface area contributed by atoms with Gasteiger partial charge in [-0.3, -0.25) is 9.59 Å². The van der Waals surface area contributed by atoms with Gasteiger partial charge >= 0.3 is 0 Å². The molecule has 2 heterocycles. The van der Waals surface area contributed by atoms with E-state index in [1.165, 1.54) is 30.0 Å². The number of anilines is 2. The third-order valence-electron chi connectivity index (χ3n) is 4.77. The third-order valence-corrected chi connectivity index (χ3v) is 7.10. The summed E-state index contributed by atoms with van der Waals surface area (Å²) in [4.78, 5) is 27.0. The van der Waals surface area contributed by atoms with Crippen molar-refractivity contribution in [3.05, 3.63) is 65.7 Å². The minimum absolute atomic E-state index is 0.0467. The van der Waals surface area contributed by atoms with Crippen LogP contribution in [-0.2, 0) is 9.53 Å². The Morgan fingerprint density at radius 2 is 1.87 bits per heavy atom. The van der Waals surface area contributed by atoms with E-state index < -0.39 is 5.25 Å². The summed E-state index contributed by atoms with van der Waals surface area (Å²) in [5, 5.41) is 11.9. The molecule has 9 heteroatoms. The predicted octanol–water partition coefficient (Wildman–Crippen LogP) is 4.05. The number of thioether (sulfide) groups is 1. The van der Waals surface area contributed by atoms with E-state index in [4.69, 9.17) is 4.74 Å². The first-order chi connectivity index (χ1) is 15.1. The van der Waals surface area contributed by atoms with Crippen LogP contribution in [0.3, 0.4) is 0 Å². The van der Waals surface area contributed by atoms with Crippen LogP contribution in [0.1, 0.15) is 28.1 Å². The highest BCUT2D eigenvalue weighted by molar-refractivity contribution is 8.02. The summed E-state index contributed by atoms with van der Waals surface area (Å²) in [6, 6.07) is 16.5. The van der Waals surface area contributed by atoms with Crippen LogP contribution < -0.4 is 10.2 Å². The van der Waals surface area contributed by atoms with Gasteiger partial charge in [0.2, 0.25) is 11.0 Å². The van der Waals surface area contributed by atoms with Gasteiger partial charge in [0, 0.05) is 24.3 Å². The number of Topliss-reactive ketones (excluding diaryl/α,β-unsaturated/α-hetero) is 1. The smallest absolute Gasteiger partial charge is 0.242 e. The molecule has 1 aliphatic rings. The van der Waals surface area contributed by atoms with E-state index in [1.54, 1.807) is 24.3 Å². The molecule has 31 heavy (non-hydrogen) atoms. The monoisotopic (exact) mass is 454 g/mol. The Hall–Kier alpha value is -2.75. The summed E-state index contributed by atoms with van der Waals surface area (Å²) >= 11 is 2.85. The van der Waals surface area contributed by atoms with Crippen LogP contribution in [0, 0.1) is 0 Å². The van der Waals surface area contributed by atoms with Crippen molar-refractivity contribution in [2.75, 3.05) is 36.5 Å². The molecule has 2 aromatic carbocycles. The first kappa shape index (κ1) is 21.5. The van der Waals surface area contributed by atoms with Gasteiger partial charge < -0.3 is 15.0 Å². The van der Waals surface area contributed by atoms with Gasteiger partial charge in [0.1, 0.15) is 5.25 Å². The number of morpholine rings is 1. The van der Waals surface area contributed by atoms with Crippen molar-refractivity contribution in [2.24, 2.45) is 0 Å². The molecular weight excluding hydrogens is 432 g/mol. The number of carbonyl (C=O) groups excluding carboxylic acids is 2. The number of nitrogens with zero attached hydrogens (tertiary/aromatic N) is 3. The van der Waals surface area contributed by atoms with E-state index in [-0.39, 0.29) is 11.7 Å². The fourth-order valence-electron chi connectivity index (χ4n) is 3.16. The van der Waals surface area contributed by atoms with Crippen molar-refractivity contribution in [3.63, 3.8) is 0 Å². The van der Waals surface area contributed by atoms with Crippen LogP contribution in [-0.4, -0.2) is 48.2 Å². The summed E-state index contributed by atoms with van der Waals surface area (Å²) in [5.74, 6) is -0.227. The first-order valence-electron chi connectivity index (χ1n) is 9.90. The van der Waals surface area contributed by atoms with E-state index in [0.717, 1.165) is 28.1 Å². The molecule has 1 fully saturated rings. The molecule has 3 aromatic rings. The minimum atomic E-state index is -0.507. The fraction of sp³-hybridized carbons (Fsp3) is 0.273. The van der Waals surface area contributed by atoms with Crippen LogP contribution in [0.5, 0.6) is 0 Å². The third kappa shape index (κ3) is 5.49. The highest BCUT2D eigenvalue weighted by Crippen LogP contribution is 2.39. The lowest BCUT2D eigenvalue weighted by Crippen LogP contribution is -2.36. The van der Waals surface area contributed by atoms with Crippen LogP contribution in [0.2, 0.25) is 0 Å². The molecule has 1 unspecified atom stereocenters. The summed E-state index contributed by atoms with van der Waals surface area (Å²) in [6.45, 7) is 4.43. The maximum atomic E-state index is 13.2. The van der Waals surface area contributed by atoms with Crippen LogP contribution in [0.4, 0.5) is 10.8 Å². The van der Waals surface area contributed by atoms with Crippen molar-refractivity contribution >= 4 is 45.6 Å². The van der Waals surface area contributed by atoms with Gasteiger partial charge in [-0.15, -0.1) is 10.2 Å². The number of nitrogens with one attached hydrogen (secondary N) is 1. The second-order valence-corrected chi connectivity index (χ2v) is 9.29. The average molecular weight is 455 g/mol. The Balaban J connectivity index is 1.54. The molecule has 160 valence electrons. The highest BCUT2D eigenvalue weighted by atomic mass is 32.2. The highest BCUT2D eigenvalue weighted by Gasteiger charge is 2.25. The number of ether oxygens (including phenoxy) is 1. The molecule has 1 N–H and O–H groups in total. The molecule has 1 aromatic heterocycles. The summed E-state index contributed by atoms with van der Waals surface area (Å²) < 4.78 is 6.12. The van der Waals surface area contributed by atoms with Crippen molar-refractivity contribution in [2.45, 2.75) is 16.5 Å². The number of benzene rings is 2. The van der Waals surface area contributed by atoms with Gasteiger partial charge in [0.15, 0.2) is 10.1 Å². The number of rotatable bonds is 7. The Bertz CT molecular complexity index is 1050. The SMILES string of the molecule is CC(=O)c1cccc(NC(=O)C(Sc2nnc(N3CCOCC3)s2)c2ccccc2)c1.